The van der Waals surface area contributed by atoms with Crippen molar-refractivity contribution in [1.82, 2.24) is 15.3 Å². The number of aryl methyl sites for hydroxylation is 1. The second kappa shape index (κ2) is 8.32. The highest BCUT2D eigenvalue weighted by Gasteiger charge is 2.19. The van der Waals surface area contributed by atoms with Crippen molar-refractivity contribution in [3.05, 3.63) is 54.2 Å². The Labute approximate surface area is 181 Å². The predicted octanol–water partition coefficient (Wildman–Crippen LogP) is 5.79. The maximum absolute atomic E-state index is 6.31. The number of thioether (sulfide) groups is 1. The average Bonchev–Trinajstić information content (AvgIpc) is 3.40. The SMILES string of the molecule is CCSc1cccc(-c2ccc(OC[C@@H]3CCNC3)c3[nH]c4ncc(C)cc4c23)c1. The Kier molecular flexibility index (Phi) is 5.40. The first kappa shape index (κ1) is 19.5. The number of rotatable bonds is 6. The Morgan fingerprint density at radius 2 is 2.13 bits per heavy atom. The summed E-state index contributed by atoms with van der Waals surface area (Å²) in [5, 5.41) is 5.77. The minimum atomic E-state index is 0.576. The number of hydrogen-bond acceptors (Lipinski definition) is 4. The van der Waals surface area contributed by atoms with Gasteiger partial charge in [-0.05, 0) is 72.7 Å². The third-order valence-electron chi connectivity index (χ3n) is 5.80. The Morgan fingerprint density at radius 1 is 1.20 bits per heavy atom. The minimum absolute atomic E-state index is 0.576. The van der Waals surface area contributed by atoms with Crippen LogP contribution in [0.3, 0.4) is 0 Å². The maximum Gasteiger partial charge on any atom is 0.143 e. The summed E-state index contributed by atoms with van der Waals surface area (Å²) in [5.74, 6) is 2.56. The molecule has 0 unspecified atom stereocenters. The van der Waals surface area contributed by atoms with E-state index in [9.17, 15) is 0 Å². The summed E-state index contributed by atoms with van der Waals surface area (Å²) in [6, 6.07) is 15.4. The summed E-state index contributed by atoms with van der Waals surface area (Å²) in [6.07, 6.45) is 3.09. The summed E-state index contributed by atoms with van der Waals surface area (Å²) in [7, 11) is 0. The maximum atomic E-state index is 6.31. The largest absolute Gasteiger partial charge is 0.491 e. The van der Waals surface area contributed by atoms with Gasteiger partial charge in [-0.15, -0.1) is 11.8 Å². The summed E-state index contributed by atoms with van der Waals surface area (Å²) in [6.45, 7) is 7.15. The van der Waals surface area contributed by atoms with Crippen LogP contribution in [0, 0.1) is 12.8 Å². The van der Waals surface area contributed by atoms with Crippen LogP contribution in [0.1, 0.15) is 18.9 Å². The van der Waals surface area contributed by atoms with Crippen LogP contribution in [0.2, 0.25) is 0 Å². The predicted molar refractivity (Wildman–Crippen MR) is 127 cm³/mol. The summed E-state index contributed by atoms with van der Waals surface area (Å²) < 4.78 is 6.31. The highest BCUT2D eigenvalue weighted by atomic mass is 32.2. The van der Waals surface area contributed by atoms with Crippen molar-refractivity contribution >= 4 is 33.7 Å². The molecule has 4 aromatic rings. The van der Waals surface area contributed by atoms with Crippen molar-refractivity contribution in [2.45, 2.75) is 25.2 Å². The van der Waals surface area contributed by atoms with Gasteiger partial charge in [-0.3, -0.25) is 0 Å². The molecule has 1 atom stereocenters. The summed E-state index contributed by atoms with van der Waals surface area (Å²) >= 11 is 1.87. The minimum Gasteiger partial charge on any atom is -0.491 e. The molecule has 1 fully saturated rings. The van der Waals surface area contributed by atoms with Gasteiger partial charge in [0.15, 0.2) is 0 Å². The van der Waals surface area contributed by atoms with E-state index in [-0.39, 0.29) is 0 Å². The average molecular weight is 418 g/mol. The molecule has 2 N–H and O–H groups in total. The van der Waals surface area contributed by atoms with Gasteiger partial charge in [-0.25, -0.2) is 4.98 Å². The van der Waals surface area contributed by atoms with E-state index in [1.165, 1.54) is 27.8 Å². The van der Waals surface area contributed by atoms with E-state index >= 15 is 0 Å². The molecule has 1 aliphatic heterocycles. The smallest absolute Gasteiger partial charge is 0.143 e. The van der Waals surface area contributed by atoms with Crippen molar-refractivity contribution in [2.24, 2.45) is 5.92 Å². The number of aromatic nitrogens is 2. The number of benzene rings is 2. The molecule has 1 saturated heterocycles. The second-order valence-electron chi connectivity index (χ2n) is 8.03. The van der Waals surface area contributed by atoms with Crippen LogP contribution >= 0.6 is 11.8 Å². The number of fused-ring (bicyclic) bond motifs is 3. The number of H-pyrrole nitrogens is 1. The first-order valence-corrected chi connectivity index (χ1v) is 11.7. The van der Waals surface area contributed by atoms with Crippen LogP contribution in [0.15, 0.2) is 53.6 Å². The Hall–Kier alpha value is -2.50. The van der Waals surface area contributed by atoms with Gasteiger partial charge in [0.2, 0.25) is 0 Å². The standard InChI is InChI=1S/C25H27N3OS/c1-3-30-19-6-4-5-18(12-19)20-7-8-22(29-15-17-9-10-26-14-17)24-23(20)21-11-16(2)13-27-25(21)28-24/h4-8,11-13,17,26H,3,9-10,14-15H2,1-2H3,(H,27,28)/t17-/m1/s1. The third kappa shape index (κ3) is 3.68. The van der Waals surface area contributed by atoms with Gasteiger partial charge < -0.3 is 15.0 Å². The van der Waals surface area contributed by atoms with E-state index in [0.717, 1.165) is 53.3 Å². The van der Waals surface area contributed by atoms with Gasteiger partial charge in [-0.2, -0.15) is 0 Å². The first-order chi connectivity index (χ1) is 14.7. The van der Waals surface area contributed by atoms with Crippen LogP contribution in [-0.2, 0) is 0 Å². The van der Waals surface area contributed by atoms with Gasteiger partial charge in [0, 0.05) is 34.3 Å². The summed E-state index contributed by atoms with van der Waals surface area (Å²) in [5.41, 5.74) is 5.56. The molecule has 0 amide bonds. The van der Waals surface area contributed by atoms with Crippen molar-refractivity contribution < 1.29 is 4.74 Å². The van der Waals surface area contributed by atoms with E-state index in [0.29, 0.717) is 5.92 Å². The molecular formula is C25H27N3OS. The number of pyridine rings is 1. The molecular weight excluding hydrogens is 390 g/mol. The van der Waals surface area contributed by atoms with Crippen LogP contribution in [0.5, 0.6) is 5.75 Å². The molecule has 0 bridgehead atoms. The zero-order chi connectivity index (χ0) is 20.5. The topological polar surface area (TPSA) is 49.9 Å². The van der Waals surface area contributed by atoms with Gasteiger partial charge >= 0.3 is 0 Å². The Balaban J connectivity index is 1.65. The number of aromatic amines is 1. The fraction of sp³-hybridized carbons (Fsp3) is 0.320. The van der Waals surface area contributed by atoms with E-state index < -0.39 is 0 Å². The number of nitrogens with zero attached hydrogens (tertiary/aromatic N) is 1. The Morgan fingerprint density at radius 3 is 2.97 bits per heavy atom. The van der Waals surface area contributed by atoms with E-state index in [2.05, 4.69) is 71.6 Å². The molecule has 2 aromatic heterocycles. The van der Waals surface area contributed by atoms with Gasteiger partial charge in [-0.1, -0.05) is 19.1 Å². The zero-order valence-corrected chi connectivity index (χ0v) is 18.3. The molecule has 1 aliphatic rings. The van der Waals surface area contributed by atoms with Crippen molar-refractivity contribution in [2.75, 3.05) is 25.4 Å². The quantitative estimate of drug-likeness (QED) is 0.390. The lowest BCUT2D eigenvalue weighted by Gasteiger charge is -2.14. The lowest BCUT2D eigenvalue weighted by Crippen LogP contribution is -2.15. The third-order valence-corrected chi connectivity index (χ3v) is 6.67. The lowest BCUT2D eigenvalue weighted by molar-refractivity contribution is 0.262. The van der Waals surface area contributed by atoms with Crippen LogP contribution < -0.4 is 10.1 Å². The molecule has 0 aliphatic carbocycles. The Bertz CT molecular complexity index is 1190. The molecule has 3 heterocycles. The first-order valence-electron chi connectivity index (χ1n) is 10.7. The molecule has 30 heavy (non-hydrogen) atoms. The lowest BCUT2D eigenvalue weighted by atomic mass is 9.99. The van der Waals surface area contributed by atoms with Crippen molar-refractivity contribution in [3.8, 4) is 16.9 Å². The summed E-state index contributed by atoms with van der Waals surface area (Å²) in [4.78, 5) is 9.49. The molecule has 2 aromatic carbocycles. The van der Waals surface area contributed by atoms with Crippen LogP contribution in [-0.4, -0.2) is 35.4 Å². The van der Waals surface area contributed by atoms with E-state index in [1.807, 2.05) is 18.0 Å². The van der Waals surface area contributed by atoms with Crippen molar-refractivity contribution in [1.29, 1.82) is 0 Å². The highest BCUT2D eigenvalue weighted by Crippen LogP contribution is 2.40. The van der Waals surface area contributed by atoms with Crippen LogP contribution in [0.4, 0.5) is 0 Å². The number of nitrogens with one attached hydrogen (secondary N) is 2. The highest BCUT2D eigenvalue weighted by molar-refractivity contribution is 7.99. The second-order valence-corrected chi connectivity index (χ2v) is 9.36. The van der Waals surface area contributed by atoms with Gasteiger partial charge in [0.05, 0.1) is 12.1 Å². The molecule has 0 radical (unpaired) electrons. The van der Waals surface area contributed by atoms with E-state index in [4.69, 9.17) is 4.74 Å². The van der Waals surface area contributed by atoms with E-state index in [1.54, 1.807) is 0 Å². The van der Waals surface area contributed by atoms with Crippen molar-refractivity contribution in [3.63, 3.8) is 0 Å². The molecule has 154 valence electrons. The molecule has 5 heteroatoms. The fourth-order valence-corrected chi connectivity index (χ4v) is 5.03. The zero-order valence-electron chi connectivity index (χ0n) is 17.5. The normalized spacial score (nSPS) is 16.5. The molecule has 5 rings (SSSR count). The molecule has 0 saturated carbocycles. The van der Waals surface area contributed by atoms with Gasteiger partial charge in [0.1, 0.15) is 11.4 Å². The number of hydrogen-bond donors (Lipinski definition) is 2. The molecule has 4 nitrogen and oxygen atoms in total. The molecule has 0 spiro atoms. The monoisotopic (exact) mass is 417 g/mol. The van der Waals surface area contributed by atoms with Gasteiger partial charge in [0.25, 0.3) is 0 Å². The fourth-order valence-electron chi connectivity index (χ4n) is 4.31. The number of ether oxygens (including phenoxy) is 1. The van der Waals surface area contributed by atoms with Crippen LogP contribution in [0.25, 0.3) is 33.1 Å².